The highest BCUT2D eigenvalue weighted by molar-refractivity contribution is 7.10. The first kappa shape index (κ1) is 17.0. The molecular formula is C22H21ClS. The van der Waals surface area contributed by atoms with Crippen LogP contribution in [0.1, 0.15) is 41.7 Å². The normalized spacial score (nSPS) is 16.0. The summed E-state index contributed by atoms with van der Waals surface area (Å²) in [5.74, 6) is 0. The van der Waals surface area contributed by atoms with Crippen LogP contribution in [0.15, 0.2) is 70.8 Å². The number of fused-ring (bicyclic) bond motifs is 1. The Morgan fingerprint density at radius 1 is 1.17 bits per heavy atom. The Kier molecular flexibility index (Phi) is 5.58. The molecule has 0 aromatic carbocycles. The van der Waals surface area contributed by atoms with E-state index in [0.29, 0.717) is 0 Å². The molecule has 0 bridgehead atoms. The third kappa shape index (κ3) is 3.82. The molecule has 3 rings (SSSR count). The lowest BCUT2D eigenvalue weighted by molar-refractivity contribution is 1.01. The van der Waals surface area contributed by atoms with Crippen LogP contribution in [0.5, 0.6) is 0 Å². The van der Waals surface area contributed by atoms with Gasteiger partial charge in [0.15, 0.2) is 0 Å². The second-order valence-corrected chi connectivity index (χ2v) is 7.42. The Labute approximate surface area is 153 Å². The molecule has 2 aliphatic rings. The molecule has 0 atom stereocenters. The van der Waals surface area contributed by atoms with Crippen molar-refractivity contribution >= 4 is 34.6 Å². The molecule has 1 heterocycles. The van der Waals surface area contributed by atoms with Gasteiger partial charge in [0.1, 0.15) is 0 Å². The minimum atomic E-state index is 0.775. The van der Waals surface area contributed by atoms with E-state index < -0.39 is 0 Å². The van der Waals surface area contributed by atoms with Gasteiger partial charge in [0.25, 0.3) is 0 Å². The fourth-order valence-electron chi connectivity index (χ4n) is 2.92. The van der Waals surface area contributed by atoms with Gasteiger partial charge in [-0.2, -0.15) is 0 Å². The smallest absolute Gasteiger partial charge is 0.0477 e. The Morgan fingerprint density at radius 3 is 2.83 bits per heavy atom. The van der Waals surface area contributed by atoms with Gasteiger partial charge in [-0.3, -0.25) is 0 Å². The molecule has 0 aliphatic heterocycles. The number of rotatable bonds is 5. The second-order valence-electron chi connectivity index (χ2n) is 6.05. The third-order valence-electron chi connectivity index (χ3n) is 4.34. The number of hydrogen-bond acceptors (Lipinski definition) is 1. The SMILES string of the molecule is C=C(CCC(=C)c1csc2c1C=C=CCC2)C1=C(Cl)C=CCC=C1. The van der Waals surface area contributed by atoms with Gasteiger partial charge in [-0.05, 0) is 78.0 Å². The van der Waals surface area contributed by atoms with Crippen molar-refractivity contribution in [1.29, 1.82) is 0 Å². The zero-order valence-electron chi connectivity index (χ0n) is 13.8. The van der Waals surface area contributed by atoms with Crippen LogP contribution >= 0.6 is 22.9 Å². The van der Waals surface area contributed by atoms with Crippen molar-refractivity contribution < 1.29 is 0 Å². The van der Waals surface area contributed by atoms with E-state index in [-0.39, 0.29) is 0 Å². The average molecular weight is 353 g/mol. The molecule has 2 aliphatic carbocycles. The number of hydrogen-bond donors (Lipinski definition) is 0. The van der Waals surface area contributed by atoms with Gasteiger partial charge in [0, 0.05) is 15.5 Å². The van der Waals surface area contributed by atoms with Gasteiger partial charge in [0.2, 0.25) is 0 Å². The first-order chi connectivity index (χ1) is 11.7. The summed E-state index contributed by atoms with van der Waals surface area (Å²) in [5, 5.41) is 3.01. The molecule has 0 fully saturated rings. The molecule has 0 nitrogen and oxygen atoms in total. The fraction of sp³-hybridized carbons (Fsp3) is 0.227. The predicted molar refractivity (Wildman–Crippen MR) is 108 cm³/mol. The molecule has 24 heavy (non-hydrogen) atoms. The third-order valence-corrected chi connectivity index (χ3v) is 5.73. The van der Waals surface area contributed by atoms with Crippen molar-refractivity contribution in [3.05, 3.63) is 86.8 Å². The maximum Gasteiger partial charge on any atom is 0.0477 e. The van der Waals surface area contributed by atoms with Crippen molar-refractivity contribution in [3.63, 3.8) is 0 Å². The zero-order chi connectivity index (χ0) is 16.9. The number of aryl methyl sites for hydroxylation is 1. The molecule has 1 aromatic rings. The van der Waals surface area contributed by atoms with Crippen LogP contribution in [-0.2, 0) is 6.42 Å². The molecule has 0 radical (unpaired) electrons. The Bertz CT molecular complexity index is 820. The Morgan fingerprint density at radius 2 is 1.96 bits per heavy atom. The van der Waals surface area contributed by atoms with E-state index in [1.54, 1.807) is 0 Å². The molecule has 1 aromatic heterocycles. The van der Waals surface area contributed by atoms with Gasteiger partial charge in [-0.25, -0.2) is 0 Å². The molecule has 0 spiro atoms. The van der Waals surface area contributed by atoms with Gasteiger partial charge < -0.3 is 0 Å². The standard InChI is InChI=1S/C22H21ClS/c1-16(18-9-5-3-7-11-21(18)23)13-14-17(2)20-15-24-22-12-8-4-6-10-19(20)22/h4-5,7,9-11,15H,1-3,8,12-14H2. The lowest BCUT2D eigenvalue weighted by atomic mass is 9.95. The predicted octanol–water partition coefficient (Wildman–Crippen LogP) is 7.22. The van der Waals surface area contributed by atoms with Crippen LogP contribution in [0.4, 0.5) is 0 Å². The Hall–Kier alpha value is -1.79. The zero-order valence-corrected chi connectivity index (χ0v) is 15.3. The van der Waals surface area contributed by atoms with Crippen molar-refractivity contribution in [1.82, 2.24) is 0 Å². The summed E-state index contributed by atoms with van der Waals surface area (Å²) in [6, 6.07) is 0. The molecule has 0 N–H and O–H groups in total. The second kappa shape index (κ2) is 7.85. The highest BCUT2D eigenvalue weighted by atomic mass is 35.5. The van der Waals surface area contributed by atoms with E-state index >= 15 is 0 Å². The topological polar surface area (TPSA) is 0 Å². The maximum absolute atomic E-state index is 6.35. The molecule has 0 saturated carbocycles. The van der Waals surface area contributed by atoms with Crippen molar-refractivity contribution in [3.8, 4) is 0 Å². The molecule has 0 unspecified atom stereocenters. The minimum absolute atomic E-state index is 0.775. The van der Waals surface area contributed by atoms with Crippen molar-refractivity contribution in [2.75, 3.05) is 0 Å². The van der Waals surface area contributed by atoms with Gasteiger partial charge in [0.05, 0.1) is 0 Å². The summed E-state index contributed by atoms with van der Waals surface area (Å²) in [4.78, 5) is 1.44. The van der Waals surface area contributed by atoms with E-state index in [0.717, 1.165) is 48.3 Å². The number of halogens is 1. The first-order valence-corrected chi connectivity index (χ1v) is 9.53. The van der Waals surface area contributed by atoms with E-state index in [1.807, 2.05) is 17.4 Å². The lowest BCUT2D eigenvalue weighted by Crippen LogP contribution is -1.91. The van der Waals surface area contributed by atoms with Crippen molar-refractivity contribution in [2.45, 2.75) is 32.1 Å². The molecule has 2 heteroatoms. The quantitative estimate of drug-likeness (QED) is 0.490. The summed E-state index contributed by atoms with van der Waals surface area (Å²) in [6.07, 6.45) is 17.3. The van der Waals surface area contributed by atoms with E-state index in [9.17, 15) is 0 Å². The van der Waals surface area contributed by atoms with Crippen LogP contribution in [0.25, 0.3) is 11.6 Å². The largest absolute Gasteiger partial charge is 0.148 e. The molecule has 0 saturated heterocycles. The molecule has 122 valence electrons. The van der Waals surface area contributed by atoms with Crippen LogP contribution in [0.3, 0.4) is 0 Å². The van der Waals surface area contributed by atoms with Crippen LogP contribution < -0.4 is 0 Å². The fourth-order valence-corrected chi connectivity index (χ4v) is 4.30. The van der Waals surface area contributed by atoms with Gasteiger partial charge in [-0.15, -0.1) is 17.1 Å². The summed E-state index contributed by atoms with van der Waals surface area (Å²) < 4.78 is 0. The monoisotopic (exact) mass is 352 g/mol. The van der Waals surface area contributed by atoms with Gasteiger partial charge in [-0.1, -0.05) is 43.0 Å². The van der Waals surface area contributed by atoms with Crippen LogP contribution in [0, 0.1) is 0 Å². The molecular weight excluding hydrogens is 332 g/mol. The lowest BCUT2D eigenvalue weighted by Gasteiger charge is -2.10. The van der Waals surface area contributed by atoms with Crippen molar-refractivity contribution in [2.24, 2.45) is 0 Å². The van der Waals surface area contributed by atoms with E-state index in [1.165, 1.54) is 21.6 Å². The van der Waals surface area contributed by atoms with E-state index in [4.69, 9.17) is 11.6 Å². The highest BCUT2D eigenvalue weighted by Gasteiger charge is 2.14. The maximum atomic E-state index is 6.35. The number of allylic oxidation sites excluding steroid dienone is 9. The minimum Gasteiger partial charge on any atom is -0.148 e. The Balaban J connectivity index is 1.70. The van der Waals surface area contributed by atoms with E-state index in [2.05, 4.69) is 54.6 Å². The van der Waals surface area contributed by atoms with Gasteiger partial charge >= 0.3 is 0 Å². The summed E-state index contributed by atoms with van der Waals surface area (Å²) in [7, 11) is 0. The first-order valence-electron chi connectivity index (χ1n) is 8.27. The molecule has 0 amide bonds. The van der Waals surface area contributed by atoms with Crippen LogP contribution in [0.2, 0.25) is 0 Å². The summed E-state index contributed by atoms with van der Waals surface area (Å²) >= 11 is 8.19. The van der Waals surface area contributed by atoms with Crippen LogP contribution in [-0.4, -0.2) is 0 Å². The highest BCUT2D eigenvalue weighted by Crippen LogP contribution is 2.34. The summed E-state index contributed by atoms with van der Waals surface area (Å²) in [6.45, 7) is 8.55. The average Bonchev–Trinajstić information content (AvgIpc) is 2.74. The number of thiophene rings is 1. The summed E-state index contributed by atoms with van der Waals surface area (Å²) in [5.41, 5.74) is 9.12.